The van der Waals surface area contributed by atoms with Crippen LogP contribution in [0.25, 0.3) is 0 Å². The van der Waals surface area contributed by atoms with Crippen molar-refractivity contribution < 1.29 is 9.53 Å². The molecule has 5 nitrogen and oxygen atoms in total. The fraction of sp³-hybridized carbons (Fsp3) is 0.846. The van der Waals surface area contributed by atoms with Crippen LogP contribution in [0.1, 0.15) is 26.7 Å². The number of amides is 1. The van der Waals surface area contributed by atoms with Gasteiger partial charge in [-0.25, -0.2) is 0 Å². The minimum atomic E-state index is -0.0248. The number of aliphatic imine (C=N–C) groups is 1. The molecule has 1 rings (SSSR count). The summed E-state index contributed by atoms with van der Waals surface area (Å²) in [7, 11) is 1.62. The van der Waals surface area contributed by atoms with Crippen molar-refractivity contribution in [2.75, 3.05) is 39.1 Å². The summed E-state index contributed by atoms with van der Waals surface area (Å²) in [6.45, 7) is 6.67. The van der Waals surface area contributed by atoms with Crippen LogP contribution in [0.5, 0.6) is 0 Å². The highest BCUT2D eigenvalue weighted by molar-refractivity contribution is 8.13. The van der Waals surface area contributed by atoms with Crippen LogP contribution in [-0.4, -0.2) is 50.2 Å². The van der Waals surface area contributed by atoms with Gasteiger partial charge in [0, 0.05) is 26.0 Å². The number of nitrogens with zero attached hydrogens (tertiary/aromatic N) is 1. The fourth-order valence-corrected chi connectivity index (χ4v) is 3.12. The smallest absolute Gasteiger partial charge is 0.239 e. The third-order valence-corrected chi connectivity index (χ3v) is 4.91. The molecule has 0 aromatic carbocycles. The van der Waals surface area contributed by atoms with Gasteiger partial charge in [0.1, 0.15) is 0 Å². The summed E-state index contributed by atoms with van der Waals surface area (Å²) < 4.78 is 4.87. The van der Waals surface area contributed by atoms with Gasteiger partial charge in [-0.2, -0.15) is 0 Å². The molecule has 0 spiro atoms. The van der Waals surface area contributed by atoms with E-state index in [0.29, 0.717) is 18.6 Å². The monoisotopic (exact) mass is 287 g/mol. The van der Waals surface area contributed by atoms with Crippen LogP contribution in [0.15, 0.2) is 4.99 Å². The summed E-state index contributed by atoms with van der Waals surface area (Å²) in [5, 5.41) is 6.75. The number of methoxy groups -OCH3 is 1. The van der Waals surface area contributed by atoms with Gasteiger partial charge in [0.05, 0.1) is 13.2 Å². The van der Waals surface area contributed by atoms with Gasteiger partial charge in [-0.05, 0) is 18.3 Å². The average molecular weight is 287 g/mol. The second kappa shape index (κ2) is 8.43. The zero-order valence-electron chi connectivity index (χ0n) is 12.1. The molecule has 0 atom stereocenters. The van der Waals surface area contributed by atoms with Crippen molar-refractivity contribution in [1.29, 1.82) is 0 Å². The Morgan fingerprint density at radius 2 is 2.21 bits per heavy atom. The number of nitrogens with one attached hydrogen (secondary N) is 2. The molecule has 0 fully saturated rings. The third-order valence-electron chi connectivity index (χ3n) is 3.60. The molecule has 0 saturated carbocycles. The van der Waals surface area contributed by atoms with Crippen molar-refractivity contribution in [3.05, 3.63) is 0 Å². The van der Waals surface area contributed by atoms with E-state index in [1.165, 1.54) is 0 Å². The van der Waals surface area contributed by atoms with E-state index < -0.39 is 0 Å². The first-order valence-corrected chi connectivity index (χ1v) is 7.81. The van der Waals surface area contributed by atoms with E-state index in [1.54, 1.807) is 18.9 Å². The van der Waals surface area contributed by atoms with Crippen LogP contribution >= 0.6 is 11.8 Å². The molecule has 1 amide bonds. The summed E-state index contributed by atoms with van der Waals surface area (Å²) in [6.07, 6.45) is 2.32. The lowest BCUT2D eigenvalue weighted by atomic mass is 9.84. The second-order valence-corrected chi connectivity index (χ2v) is 5.78. The van der Waals surface area contributed by atoms with Crippen LogP contribution in [0.3, 0.4) is 0 Å². The Hall–Kier alpha value is -0.750. The number of hydrogen-bond acceptors (Lipinski definition) is 5. The summed E-state index contributed by atoms with van der Waals surface area (Å²) in [6, 6.07) is 0. The summed E-state index contributed by atoms with van der Waals surface area (Å²) in [4.78, 5) is 16.1. The standard InChI is InChI=1S/C13H25N3O2S/c1-4-13(5-2)9-16-12(19-10-13)15-8-11(17)14-6-7-18-3/h4-10H2,1-3H3,(H,14,17)(H,15,16). The van der Waals surface area contributed by atoms with E-state index in [0.717, 1.165) is 30.3 Å². The molecule has 0 aromatic heterocycles. The first-order valence-electron chi connectivity index (χ1n) is 6.82. The van der Waals surface area contributed by atoms with Gasteiger partial charge >= 0.3 is 0 Å². The van der Waals surface area contributed by atoms with Gasteiger partial charge in [0.15, 0.2) is 5.17 Å². The SMILES string of the molecule is CCC1(CC)CN=C(NCC(=O)NCCOC)SC1. The zero-order valence-corrected chi connectivity index (χ0v) is 12.9. The zero-order chi connectivity index (χ0) is 14.1. The Balaban J connectivity index is 2.28. The molecule has 19 heavy (non-hydrogen) atoms. The topological polar surface area (TPSA) is 62.7 Å². The van der Waals surface area contributed by atoms with Crippen molar-refractivity contribution in [2.45, 2.75) is 26.7 Å². The van der Waals surface area contributed by atoms with Crippen molar-refractivity contribution in [3.63, 3.8) is 0 Å². The molecule has 2 N–H and O–H groups in total. The van der Waals surface area contributed by atoms with Gasteiger partial charge in [-0.1, -0.05) is 25.6 Å². The van der Waals surface area contributed by atoms with Crippen LogP contribution in [0.4, 0.5) is 0 Å². The van der Waals surface area contributed by atoms with Gasteiger partial charge in [0.25, 0.3) is 0 Å². The molecule has 0 saturated heterocycles. The second-order valence-electron chi connectivity index (χ2n) is 4.81. The van der Waals surface area contributed by atoms with Gasteiger partial charge in [-0.3, -0.25) is 9.79 Å². The molecule has 6 heteroatoms. The minimum absolute atomic E-state index is 0.0248. The summed E-state index contributed by atoms with van der Waals surface area (Å²) in [5.41, 5.74) is 0.344. The van der Waals surface area contributed by atoms with Crippen molar-refractivity contribution in [1.82, 2.24) is 10.6 Å². The number of ether oxygens (including phenoxy) is 1. The number of thioether (sulfide) groups is 1. The normalized spacial score (nSPS) is 17.7. The van der Waals surface area contributed by atoms with E-state index in [4.69, 9.17) is 4.74 Å². The molecule has 0 aliphatic carbocycles. The Labute approximate surface area is 120 Å². The quantitative estimate of drug-likeness (QED) is 0.692. The lowest BCUT2D eigenvalue weighted by molar-refractivity contribution is -0.120. The Morgan fingerprint density at radius 3 is 2.74 bits per heavy atom. The third kappa shape index (κ3) is 5.40. The highest BCUT2D eigenvalue weighted by atomic mass is 32.2. The van der Waals surface area contributed by atoms with E-state index in [-0.39, 0.29) is 12.5 Å². The number of amidine groups is 1. The van der Waals surface area contributed by atoms with Crippen LogP contribution in [0, 0.1) is 5.41 Å². The molecule has 1 aliphatic rings. The van der Waals surface area contributed by atoms with Crippen LogP contribution in [-0.2, 0) is 9.53 Å². The highest BCUT2D eigenvalue weighted by Crippen LogP contribution is 2.34. The van der Waals surface area contributed by atoms with E-state index in [9.17, 15) is 4.79 Å². The molecule has 0 aromatic rings. The predicted molar refractivity (Wildman–Crippen MR) is 80.7 cm³/mol. The van der Waals surface area contributed by atoms with E-state index in [2.05, 4.69) is 29.5 Å². The molecular weight excluding hydrogens is 262 g/mol. The molecule has 1 aliphatic heterocycles. The maximum atomic E-state index is 11.5. The van der Waals surface area contributed by atoms with Gasteiger partial charge in [-0.15, -0.1) is 0 Å². The van der Waals surface area contributed by atoms with Crippen molar-refractivity contribution in [2.24, 2.45) is 10.4 Å². The largest absolute Gasteiger partial charge is 0.383 e. The minimum Gasteiger partial charge on any atom is -0.383 e. The number of rotatable bonds is 7. The maximum Gasteiger partial charge on any atom is 0.239 e. The number of carbonyl (C=O) groups is 1. The number of carbonyl (C=O) groups excluding carboxylic acids is 1. The molecular formula is C13H25N3O2S. The first kappa shape index (κ1) is 16.3. The number of hydrogen-bond donors (Lipinski definition) is 2. The van der Waals surface area contributed by atoms with Crippen molar-refractivity contribution >= 4 is 22.8 Å². The lowest BCUT2D eigenvalue weighted by Crippen LogP contribution is -2.40. The Bertz CT molecular complexity index is 317. The molecule has 0 radical (unpaired) electrons. The molecule has 110 valence electrons. The van der Waals surface area contributed by atoms with Crippen LogP contribution in [0.2, 0.25) is 0 Å². The van der Waals surface area contributed by atoms with E-state index in [1.807, 2.05) is 0 Å². The van der Waals surface area contributed by atoms with Crippen LogP contribution < -0.4 is 10.6 Å². The van der Waals surface area contributed by atoms with Gasteiger partial charge in [0.2, 0.25) is 5.91 Å². The molecule has 0 bridgehead atoms. The summed E-state index contributed by atoms with van der Waals surface area (Å²) >= 11 is 1.72. The molecule has 1 heterocycles. The van der Waals surface area contributed by atoms with Gasteiger partial charge < -0.3 is 15.4 Å². The lowest BCUT2D eigenvalue weighted by Gasteiger charge is -2.33. The predicted octanol–water partition coefficient (Wildman–Crippen LogP) is 1.25. The fourth-order valence-electron chi connectivity index (χ4n) is 1.85. The average Bonchev–Trinajstić information content (AvgIpc) is 2.46. The Kier molecular flexibility index (Phi) is 7.23. The van der Waals surface area contributed by atoms with Crippen molar-refractivity contribution in [3.8, 4) is 0 Å². The maximum absolute atomic E-state index is 11.5. The highest BCUT2D eigenvalue weighted by Gasteiger charge is 2.30. The first-order chi connectivity index (χ1) is 9.15. The molecule has 0 unspecified atom stereocenters. The van der Waals surface area contributed by atoms with E-state index >= 15 is 0 Å². The summed E-state index contributed by atoms with van der Waals surface area (Å²) in [5.74, 6) is 1.06. The Morgan fingerprint density at radius 1 is 1.47 bits per heavy atom.